The van der Waals surface area contributed by atoms with E-state index in [-0.39, 0.29) is 0 Å². The van der Waals surface area contributed by atoms with Crippen LogP contribution in [0.1, 0.15) is 37.6 Å². The van der Waals surface area contributed by atoms with Crippen molar-refractivity contribution in [1.29, 1.82) is 0 Å². The summed E-state index contributed by atoms with van der Waals surface area (Å²) in [5, 5.41) is 10.8. The van der Waals surface area contributed by atoms with E-state index in [1.165, 1.54) is 24.4 Å². The van der Waals surface area contributed by atoms with E-state index in [9.17, 15) is 0 Å². The highest BCUT2D eigenvalue weighted by molar-refractivity contribution is 5.12. The summed E-state index contributed by atoms with van der Waals surface area (Å²) < 4.78 is 0. The van der Waals surface area contributed by atoms with Crippen LogP contribution >= 0.6 is 0 Å². The highest BCUT2D eigenvalue weighted by Gasteiger charge is 2.16. The number of aromatic amines is 1. The Morgan fingerprint density at radius 3 is 3.00 bits per heavy atom. The molecule has 78 valence electrons. The van der Waals surface area contributed by atoms with Gasteiger partial charge in [-0.25, -0.2) is 0 Å². The fourth-order valence-electron chi connectivity index (χ4n) is 1.98. The zero-order valence-electron chi connectivity index (χ0n) is 9.01. The summed E-state index contributed by atoms with van der Waals surface area (Å²) in [7, 11) is 0. The first kappa shape index (κ1) is 9.71. The molecule has 2 N–H and O–H groups in total. The molecule has 0 amide bonds. The number of hydrogen-bond donors (Lipinski definition) is 2. The van der Waals surface area contributed by atoms with Gasteiger partial charge in [0.05, 0.1) is 5.69 Å². The number of aromatic nitrogens is 2. The summed E-state index contributed by atoms with van der Waals surface area (Å²) >= 11 is 0. The summed E-state index contributed by atoms with van der Waals surface area (Å²) in [4.78, 5) is 0. The summed E-state index contributed by atoms with van der Waals surface area (Å²) in [6, 6.07) is 2.21. The average molecular weight is 193 g/mol. The molecule has 0 saturated carbocycles. The third kappa shape index (κ3) is 2.15. The molecule has 2 rings (SSSR count). The molecule has 1 aliphatic rings. The number of nitrogens with one attached hydrogen (secondary N) is 2. The molecular weight excluding hydrogens is 174 g/mol. The average Bonchev–Trinajstić information content (AvgIpc) is 2.75. The van der Waals surface area contributed by atoms with Crippen molar-refractivity contribution in [3.05, 3.63) is 17.5 Å². The van der Waals surface area contributed by atoms with Crippen LogP contribution in [0.15, 0.2) is 6.07 Å². The van der Waals surface area contributed by atoms with Crippen molar-refractivity contribution < 1.29 is 0 Å². The first-order valence-electron chi connectivity index (χ1n) is 5.50. The van der Waals surface area contributed by atoms with Gasteiger partial charge in [-0.2, -0.15) is 5.10 Å². The molecule has 0 radical (unpaired) electrons. The minimum atomic E-state index is 0.529. The van der Waals surface area contributed by atoms with Crippen molar-refractivity contribution >= 4 is 0 Å². The smallest absolute Gasteiger partial charge is 0.0650 e. The molecule has 14 heavy (non-hydrogen) atoms. The molecule has 1 saturated heterocycles. The topological polar surface area (TPSA) is 40.7 Å². The Kier molecular flexibility index (Phi) is 2.87. The Balaban J connectivity index is 1.95. The summed E-state index contributed by atoms with van der Waals surface area (Å²) in [5.41, 5.74) is 2.48. The molecule has 0 spiro atoms. The van der Waals surface area contributed by atoms with Crippen molar-refractivity contribution in [2.75, 3.05) is 13.1 Å². The first-order chi connectivity index (χ1) is 6.75. The zero-order valence-corrected chi connectivity index (χ0v) is 9.01. The molecule has 1 atom stereocenters. The largest absolute Gasteiger partial charge is 0.316 e. The van der Waals surface area contributed by atoms with Crippen molar-refractivity contribution in [2.45, 2.75) is 32.6 Å². The molecule has 3 nitrogen and oxygen atoms in total. The maximum Gasteiger partial charge on any atom is 0.0650 e. The third-order valence-corrected chi connectivity index (χ3v) is 2.91. The van der Waals surface area contributed by atoms with E-state index >= 15 is 0 Å². The quantitative estimate of drug-likeness (QED) is 0.767. The first-order valence-corrected chi connectivity index (χ1v) is 5.50. The Labute approximate surface area is 85.3 Å². The number of nitrogens with zero attached hydrogens (tertiary/aromatic N) is 1. The highest BCUT2D eigenvalue weighted by Crippen LogP contribution is 2.17. The Hall–Kier alpha value is -0.830. The van der Waals surface area contributed by atoms with Gasteiger partial charge in [0.2, 0.25) is 0 Å². The van der Waals surface area contributed by atoms with Crippen molar-refractivity contribution in [2.24, 2.45) is 5.92 Å². The minimum absolute atomic E-state index is 0.529. The van der Waals surface area contributed by atoms with Crippen LogP contribution in [0.25, 0.3) is 0 Å². The van der Waals surface area contributed by atoms with Crippen molar-refractivity contribution in [3.8, 4) is 0 Å². The number of hydrogen-bond acceptors (Lipinski definition) is 2. The lowest BCUT2D eigenvalue weighted by molar-refractivity contribution is 0.571. The van der Waals surface area contributed by atoms with E-state index < -0.39 is 0 Å². The van der Waals surface area contributed by atoms with Gasteiger partial charge in [0, 0.05) is 5.69 Å². The molecule has 3 heteroatoms. The lowest BCUT2D eigenvalue weighted by Gasteiger charge is -2.04. The van der Waals surface area contributed by atoms with Crippen molar-refractivity contribution in [3.63, 3.8) is 0 Å². The molecule has 1 unspecified atom stereocenters. The second-order valence-electron chi connectivity index (χ2n) is 4.54. The second-order valence-corrected chi connectivity index (χ2v) is 4.54. The van der Waals surface area contributed by atoms with Gasteiger partial charge in [-0.3, -0.25) is 5.10 Å². The summed E-state index contributed by atoms with van der Waals surface area (Å²) in [6.45, 7) is 6.69. The maximum atomic E-state index is 4.31. The van der Waals surface area contributed by atoms with Crippen LogP contribution in [0.3, 0.4) is 0 Å². The SMILES string of the molecule is CC(C)c1cc(CC2CCNC2)[nH]n1. The fourth-order valence-corrected chi connectivity index (χ4v) is 1.98. The van der Waals surface area contributed by atoms with Gasteiger partial charge < -0.3 is 5.32 Å². The van der Waals surface area contributed by atoms with Crippen LogP contribution in [0.5, 0.6) is 0 Å². The van der Waals surface area contributed by atoms with Gasteiger partial charge in [-0.05, 0) is 43.8 Å². The van der Waals surface area contributed by atoms with E-state index in [0.717, 1.165) is 18.9 Å². The van der Waals surface area contributed by atoms with Crippen LogP contribution in [0.4, 0.5) is 0 Å². The van der Waals surface area contributed by atoms with E-state index in [1.54, 1.807) is 0 Å². The number of H-pyrrole nitrogens is 1. The van der Waals surface area contributed by atoms with Gasteiger partial charge >= 0.3 is 0 Å². The molecule has 0 aliphatic carbocycles. The third-order valence-electron chi connectivity index (χ3n) is 2.91. The second kappa shape index (κ2) is 4.13. The van der Waals surface area contributed by atoms with Gasteiger partial charge in [0.1, 0.15) is 0 Å². The standard InChI is InChI=1S/C11H19N3/c1-8(2)11-6-10(13-14-11)5-9-3-4-12-7-9/h6,8-9,12H,3-5,7H2,1-2H3,(H,13,14). The Morgan fingerprint density at radius 2 is 2.43 bits per heavy atom. The minimum Gasteiger partial charge on any atom is -0.316 e. The molecule has 0 aromatic carbocycles. The monoisotopic (exact) mass is 193 g/mol. The van der Waals surface area contributed by atoms with Crippen LogP contribution in [-0.2, 0) is 6.42 Å². The van der Waals surface area contributed by atoms with E-state index in [4.69, 9.17) is 0 Å². The van der Waals surface area contributed by atoms with Gasteiger partial charge in [0.25, 0.3) is 0 Å². The Bertz CT molecular complexity index is 284. The normalized spacial score (nSPS) is 22.1. The van der Waals surface area contributed by atoms with Crippen LogP contribution in [0, 0.1) is 5.92 Å². The summed E-state index contributed by atoms with van der Waals surface area (Å²) in [6.07, 6.45) is 2.45. The highest BCUT2D eigenvalue weighted by atomic mass is 15.1. The number of rotatable bonds is 3. The maximum absolute atomic E-state index is 4.31. The molecular formula is C11H19N3. The van der Waals surface area contributed by atoms with Crippen molar-refractivity contribution in [1.82, 2.24) is 15.5 Å². The van der Waals surface area contributed by atoms with Gasteiger partial charge in [0.15, 0.2) is 0 Å². The predicted molar refractivity (Wildman–Crippen MR) is 57.4 cm³/mol. The fraction of sp³-hybridized carbons (Fsp3) is 0.727. The Morgan fingerprint density at radius 1 is 1.57 bits per heavy atom. The van der Waals surface area contributed by atoms with E-state index in [2.05, 4.69) is 35.4 Å². The molecule has 0 bridgehead atoms. The molecule has 1 aromatic heterocycles. The molecule has 2 heterocycles. The predicted octanol–water partition coefficient (Wildman–Crippen LogP) is 1.69. The molecule has 1 aliphatic heterocycles. The van der Waals surface area contributed by atoms with E-state index in [0.29, 0.717) is 5.92 Å². The molecule has 1 fully saturated rings. The van der Waals surface area contributed by atoms with E-state index in [1.807, 2.05) is 0 Å². The zero-order chi connectivity index (χ0) is 9.97. The van der Waals surface area contributed by atoms with Gasteiger partial charge in [-0.15, -0.1) is 0 Å². The van der Waals surface area contributed by atoms with Crippen LogP contribution in [0.2, 0.25) is 0 Å². The van der Waals surface area contributed by atoms with Crippen LogP contribution in [-0.4, -0.2) is 23.3 Å². The lowest BCUT2D eigenvalue weighted by atomic mass is 10.0. The lowest BCUT2D eigenvalue weighted by Crippen LogP contribution is -2.10. The van der Waals surface area contributed by atoms with Crippen LogP contribution < -0.4 is 5.32 Å². The molecule has 1 aromatic rings. The van der Waals surface area contributed by atoms with Gasteiger partial charge in [-0.1, -0.05) is 13.8 Å². The summed E-state index contributed by atoms with van der Waals surface area (Å²) in [5.74, 6) is 1.33.